The second-order valence-corrected chi connectivity index (χ2v) is 7.72. The van der Waals surface area contributed by atoms with E-state index in [1.54, 1.807) is 0 Å². The van der Waals surface area contributed by atoms with Gasteiger partial charge < -0.3 is 10.0 Å². The van der Waals surface area contributed by atoms with Gasteiger partial charge in [0.05, 0.1) is 11.9 Å². The predicted octanol–water partition coefficient (Wildman–Crippen LogP) is 4.64. The molecule has 6 heteroatoms. The molecule has 4 nitrogen and oxygen atoms in total. The molecule has 3 aromatic rings. The fraction of sp³-hybridized carbons (Fsp3) is 0.350. The third-order valence-electron chi connectivity index (χ3n) is 5.08. The Labute approximate surface area is 150 Å². The molecule has 1 fully saturated rings. The lowest BCUT2D eigenvalue weighted by Crippen LogP contribution is -2.40. The van der Waals surface area contributed by atoms with Crippen LogP contribution in [0.15, 0.2) is 36.5 Å². The van der Waals surface area contributed by atoms with Crippen molar-refractivity contribution in [1.29, 1.82) is 0 Å². The van der Waals surface area contributed by atoms with Crippen molar-refractivity contribution in [2.24, 2.45) is 5.41 Å². The Morgan fingerprint density at radius 3 is 2.50 bits per heavy atom. The summed E-state index contributed by atoms with van der Waals surface area (Å²) < 4.78 is 29.2. The molecule has 0 amide bonds. The topological polar surface area (TPSA) is 41.3 Å². The Morgan fingerprint density at radius 2 is 1.81 bits per heavy atom. The van der Waals surface area contributed by atoms with Crippen LogP contribution in [0.3, 0.4) is 0 Å². The van der Waals surface area contributed by atoms with E-state index in [0.717, 1.165) is 31.3 Å². The maximum atomic E-state index is 14.3. The maximum Gasteiger partial charge on any atom is 0.194 e. The molecule has 0 atom stereocenters. The molecule has 26 heavy (non-hydrogen) atoms. The zero-order chi connectivity index (χ0) is 18.5. The van der Waals surface area contributed by atoms with Crippen LogP contribution in [-0.4, -0.2) is 28.0 Å². The lowest BCUT2D eigenvalue weighted by molar-refractivity contribution is 0.293. The molecule has 1 aromatic heterocycles. The normalized spacial score (nSPS) is 17.0. The summed E-state index contributed by atoms with van der Waals surface area (Å²) in [5, 5.41) is 14.0. The molecule has 0 saturated carbocycles. The summed E-state index contributed by atoms with van der Waals surface area (Å²) in [5.41, 5.74) is 2.13. The highest BCUT2D eigenvalue weighted by Gasteiger charge is 2.26. The molecule has 136 valence electrons. The van der Waals surface area contributed by atoms with Gasteiger partial charge >= 0.3 is 0 Å². The number of rotatable bonds is 2. The van der Waals surface area contributed by atoms with Crippen LogP contribution >= 0.6 is 0 Å². The first kappa shape index (κ1) is 16.8. The summed E-state index contributed by atoms with van der Waals surface area (Å²) in [4.78, 5) is 2.36. The molecule has 1 saturated heterocycles. The number of benzene rings is 2. The first-order valence-corrected chi connectivity index (χ1v) is 8.76. The van der Waals surface area contributed by atoms with Gasteiger partial charge in [0.1, 0.15) is 5.52 Å². The number of hydrogen-bond donors (Lipinski definition) is 1. The Morgan fingerprint density at radius 1 is 1.12 bits per heavy atom. The van der Waals surface area contributed by atoms with Gasteiger partial charge in [-0.15, -0.1) is 0 Å². The number of halogens is 2. The number of fused-ring (bicyclic) bond motifs is 1. The van der Waals surface area contributed by atoms with E-state index in [-0.39, 0.29) is 5.52 Å². The van der Waals surface area contributed by atoms with Crippen molar-refractivity contribution in [2.75, 3.05) is 18.0 Å². The minimum absolute atomic E-state index is 0.0655. The second-order valence-electron chi connectivity index (χ2n) is 7.72. The molecule has 1 aliphatic heterocycles. The van der Waals surface area contributed by atoms with Crippen molar-refractivity contribution < 1.29 is 13.9 Å². The summed E-state index contributed by atoms with van der Waals surface area (Å²) in [6.07, 6.45) is 3.77. The molecule has 2 aromatic carbocycles. The lowest BCUT2D eigenvalue weighted by atomic mass is 9.84. The highest BCUT2D eigenvalue weighted by Crippen LogP contribution is 2.33. The molecule has 1 N–H and O–H groups in total. The number of nitrogens with zero attached hydrogens (tertiary/aromatic N) is 3. The molecule has 1 aliphatic rings. The van der Waals surface area contributed by atoms with E-state index in [2.05, 4.69) is 23.8 Å². The summed E-state index contributed by atoms with van der Waals surface area (Å²) in [7, 11) is 0. The molecule has 0 radical (unpaired) electrons. The van der Waals surface area contributed by atoms with E-state index >= 15 is 0 Å². The van der Waals surface area contributed by atoms with Crippen LogP contribution in [0.5, 0.6) is 5.75 Å². The minimum Gasteiger partial charge on any atom is -0.503 e. The van der Waals surface area contributed by atoms with E-state index in [1.165, 1.54) is 17.3 Å². The lowest BCUT2D eigenvalue weighted by Gasteiger charge is -2.39. The minimum atomic E-state index is -1.00. The van der Waals surface area contributed by atoms with E-state index in [1.807, 2.05) is 24.3 Å². The monoisotopic (exact) mass is 357 g/mol. The fourth-order valence-electron chi connectivity index (χ4n) is 3.75. The van der Waals surface area contributed by atoms with Gasteiger partial charge in [0.25, 0.3) is 0 Å². The first-order valence-electron chi connectivity index (χ1n) is 8.76. The molecule has 0 unspecified atom stereocenters. The SMILES string of the molecule is CC1(C)CCCN(c2ccc(-n3ncc4cc(F)c(O)c(F)c43)cc2)C1. The van der Waals surface area contributed by atoms with Crippen LogP contribution < -0.4 is 4.90 Å². The van der Waals surface area contributed by atoms with Crippen LogP contribution in [-0.2, 0) is 0 Å². The Hall–Kier alpha value is -2.63. The van der Waals surface area contributed by atoms with Gasteiger partial charge in [0.15, 0.2) is 17.4 Å². The highest BCUT2D eigenvalue weighted by molar-refractivity contribution is 5.82. The van der Waals surface area contributed by atoms with E-state index in [0.29, 0.717) is 16.5 Å². The van der Waals surface area contributed by atoms with Gasteiger partial charge in [0, 0.05) is 24.2 Å². The predicted molar refractivity (Wildman–Crippen MR) is 97.9 cm³/mol. The van der Waals surface area contributed by atoms with Gasteiger partial charge in [-0.2, -0.15) is 5.10 Å². The largest absolute Gasteiger partial charge is 0.503 e. The summed E-state index contributed by atoms with van der Waals surface area (Å²) in [6.45, 7) is 6.57. The number of piperidine rings is 1. The molecular formula is C20H21F2N3O. The Balaban J connectivity index is 1.70. The number of phenolic OH excluding ortho intramolecular Hbond substituents is 1. The van der Waals surface area contributed by atoms with Crippen LogP contribution in [0, 0.1) is 17.0 Å². The third-order valence-corrected chi connectivity index (χ3v) is 5.08. The molecule has 4 rings (SSSR count). The quantitative estimate of drug-likeness (QED) is 0.727. The van der Waals surface area contributed by atoms with Crippen LogP contribution in [0.2, 0.25) is 0 Å². The molecule has 0 aliphatic carbocycles. The van der Waals surface area contributed by atoms with Crippen molar-refractivity contribution in [1.82, 2.24) is 9.78 Å². The molecule has 2 heterocycles. The van der Waals surface area contributed by atoms with Crippen LogP contribution in [0.25, 0.3) is 16.6 Å². The van der Waals surface area contributed by atoms with Crippen molar-refractivity contribution >= 4 is 16.6 Å². The highest BCUT2D eigenvalue weighted by atomic mass is 19.1. The summed E-state index contributed by atoms with van der Waals surface area (Å²) in [5.74, 6) is -2.97. The van der Waals surface area contributed by atoms with Crippen LogP contribution in [0.1, 0.15) is 26.7 Å². The fourth-order valence-corrected chi connectivity index (χ4v) is 3.75. The van der Waals surface area contributed by atoms with Gasteiger partial charge in [-0.05, 0) is 48.6 Å². The smallest absolute Gasteiger partial charge is 0.194 e. The van der Waals surface area contributed by atoms with E-state index in [4.69, 9.17) is 0 Å². The average Bonchev–Trinajstić information content (AvgIpc) is 3.03. The number of aromatic hydroxyl groups is 1. The van der Waals surface area contributed by atoms with Crippen molar-refractivity contribution in [3.8, 4) is 11.4 Å². The van der Waals surface area contributed by atoms with Gasteiger partial charge in [-0.1, -0.05) is 13.8 Å². The zero-order valence-corrected chi connectivity index (χ0v) is 14.8. The van der Waals surface area contributed by atoms with Gasteiger partial charge in [-0.3, -0.25) is 0 Å². The maximum absolute atomic E-state index is 14.3. The Kier molecular flexibility index (Phi) is 3.86. The standard InChI is InChI=1S/C20H21F2N3O/c1-20(2)8-3-9-24(12-20)14-4-6-15(7-5-14)25-18-13(11-23-25)10-16(21)19(26)17(18)22/h4-7,10-11,26H,3,8-9,12H2,1-2H3. The summed E-state index contributed by atoms with van der Waals surface area (Å²) in [6, 6.07) is 8.80. The molecule has 0 spiro atoms. The Bertz CT molecular complexity index is 963. The third kappa shape index (κ3) is 2.79. The molecular weight excluding hydrogens is 336 g/mol. The number of anilines is 1. The number of phenols is 1. The molecule has 0 bridgehead atoms. The van der Waals surface area contributed by atoms with Crippen molar-refractivity contribution in [3.63, 3.8) is 0 Å². The average molecular weight is 357 g/mol. The number of hydrogen-bond acceptors (Lipinski definition) is 3. The van der Waals surface area contributed by atoms with Gasteiger partial charge in [0.2, 0.25) is 0 Å². The van der Waals surface area contributed by atoms with Gasteiger partial charge in [-0.25, -0.2) is 13.5 Å². The van der Waals surface area contributed by atoms with Crippen molar-refractivity contribution in [2.45, 2.75) is 26.7 Å². The van der Waals surface area contributed by atoms with E-state index < -0.39 is 17.4 Å². The van der Waals surface area contributed by atoms with Crippen molar-refractivity contribution in [3.05, 3.63) is 48.2 Å². The zero-order valence-electron chi connectivity index (χ0n) is 14.8. The second kappa shape index (κ2) is 5.97. The van der Waals surface area contributed by atoms with E-state index in [9.17, 15) is 13.9 Å². The summed E-state index contributed by atoms with van der Waals surface area (Å²) >= 11 is 0. The number of aromatic nitrogens is 2. The van der Waals surface area contributed by atoms with Crippen LogP contribution in [0.4, 0.5) is 14.5 Å². The first-order chi connectivity index (χ1) is 12.4.